The van der Waals surface area contributed by atoms with Crippen LogP contribution >= 0.6 is 11.3 Å². The van der Waals surface area contributed by atoms with Crippen molar-refractivity contribution >= 4 is 11.3 Å². The molecule has 0 unspecified atom stereocenters. The second-order valence-electron chi connectivity index (χ2n) is 4.98. The summed E-state index contributed by atoms with van der Waals surface area (Å²) in [5.41, 5.74) is 10.3. The van der Waals surface area contributed by atoms with Gasteiger partial charge >= 0.3 is 0 Å². The Balaban J connectivity index is 2.18. The number of thiazole rings is 1. The highest BCUT2D eigenvalue weighted by molar-refractivity contribution is 7.12. The van der Waals surface area contributed by atoms with E-state index in [1.807, 2.05) is 0 Å². The molecule has 3 nitrogen and oxygen atoms in total. The molecule has 0 spiro atoms. The monoisotopic (exact) mass is 274 g/mol. The third-order valence-corrected chi connectivity index (χ3v) is 4.52. The first-order valence-corrected chi connectivity index (χ1v) is 7.43. The summed E-state index contributed by atoms with van der Waals surface area (Å²) in [5, 5.41) is 1.14. The van der Waals surface area contributed by atoms with E-state index in [1.54, 1.807) is 11.3 Å². The summed E-state index contributed by atoms with van der Waals surface area (Å²) in [6, 6.07) is 4.34. The second kappa shape index (κ2) is 4.94. The van der Waals surface area contributed by atoms with Gasteiger partial charge in [-0.25, -0.2) is 4.98 Å². The molecule has 19 heavy (non-hydrogen) atoms. The lowest BCUT2D eigenvalue weighted by Gasteiger charge is -2.11. The fourth-order valence-electron chi connectivity index (χ4n) is 2.58. The maximum atomic E-state index is 5.92. The van der Waals surface area contributed by atoms with Crippen molar-refractivity contribution in [2.45, 2.75) is 26.7 Å². The lowest BCUT2D eigenvalue weighted by Crippen LogP contribution is -2.02. The SMILES string of the molecule is Cc1cc(C)c2c(c1)-c1nc(CCN)sc1CCO2. The minimum absolute atomic E-state index is 0.655. The molecule has 2 N–H and O–H groups in total. The van der Waals surface area contributed by atoms with Gasteiger partial charge in [-0.2, -0.15) is 0 Å². The van der Waals surface area contributed by atoms with Gasteiger partial charge in [0.1, 0.15) is 5.75 Å². The predicted octanol–water partition coefficient (Wildman–Crippen LogP) is 2.86. The average Bonchev–Trinajstić information content (AvgIpc) is 2.67. The van der Waals surface area contributed by atoms with E-state index in [4.69, 9.17) is 15.5 Å². The van der Waals surface area contributed by atoms with Crippen LogP contribution in [0.3, 0.4) is 0 Å². The highest BCUT2D eigenvalue weighted by Gasteiger charge is 2.21. The van der Waals surface area contributed by atoms with Crippen molar-refractivity contribution in [3.05, 3.63) is 33.1 Å². The maximum absolute atomic E-state index is 5.92. The Hall–Kier alpha value is -1.39. The quantitative estimate of drug-likeness (QED) is 0.916. The Labute approximate surface area is 117 Å². The van der Waals surface area contributed by atoms with Gasteiger partial charge in [0, 0.05) is 23.3 Å². The van der Waals surface area contributed by atoms with Crippen molar-refractivity contribution in [3.8, 4) is 17.0 Å². The van der Waals surface area contributed by atoms with E-state index in [2.05, 4.69) is 26.0 Å². The van der Waals surface area contributed by atoms with E-state index >= 15 is 0 Å². The number of fused-ring (bicyclic) bond motifs is 3. The van der Waals surface area contributed by atoms with Gasteiger partial charge in [-0.1, -0.05) is 6.07 Å². The number of aromatic nitrogens is 1. The number of ether oxygens (including phenoxy) is 1. The van der Waals surface area contributed by atoms with Crippen LogP contribution in [-0.4, -0.2) is 18.1 Å². The molecule has 0 saturated heterocycles. The molecule has 0 amide bonds. The topological polar surface area (TPSA) is 48.1 Å². The van der Waals surface area contributed by atoms with Crippen LogP contribution in [0.25, 0.3) is 11.3 Å². The zero-order valence-electron chi connectivity index (χ0n) is 11.3. The smallest absolute Gasteiger partial charge is 0.131 e. The number of hydrogen-bond acceptors (Lipinski definition) is 4. The molecule has 1 aliphatic rings. The van der Waals surface area contributed by atoms with Crippen molar-refractivity contribution < 1.29 is 4.74 Å². The van der Waals surface area contributed by atoms with Gasteiger partial charge in [0.05, 0.1) is 17.3 Å². The van der Waals surface area contributed by atoms with Crippen LogP contribution in [0.5, 0.6) is 5.75 Å². The van der Waals surface area contributed by atoms with Gasteiger partial charge in [-0.3, -0.25) is 0 Å². The maximum Gasteiger partial charge on any atom is 0.131 e. The van der Waals surface area contributed by atoms with E-state index in [-0.39, 0.29) is 0 Å². The van der Waals surface area contributed by atoms with Crippen LogP contribution in [0.15, 0.2) is 12.1 Å². The Morgan fingerprint density at radius 3 is 3.00 bits per heavy atom. The summed E-state index contributed by atoms with van der Waals surface area (Å²) in [6.07, 6.45) is 1.80. The summed E-state index contributed by atoms with van der Waals surface area (Å²) in [5.74, 6) is 0.994. The summed E-state index contributed by atoms with van der Waals surface area (Å²) < 4.78 is 5.92. The first-order valence-electron chi connectivity index (χ1n) is 6.62. The van der Waals surface area contributed by atoms with Crippen molar-refractivity contribution in [1.82, 2.24) is 4.98 Å². The molecule has 1 aromatic heterocycles. The van der Waals surface area contributed by atoms with Crippen LogP contribution in [-0.2, 0) is 12.8 Å². The lowest BCUT2D eigenvalue weighted by molar-refractivity contribution is 0.325. The molecule has 0 aliphatic carbocycles. The van der Waals surface area contributed by atoms with E-state index < -0.39 is 0 Å². The standard InChI is InChI=1S/C15H18N2OS/c1-9-7-10(2)15-11(8-9)14-12(4-6-18-15)19-13(17-14)3-5-16/h7-8H,3-6,16H2,1-2H3. The molecule has 0 fully saturated rings. The predicted molar refractivity (Wildman–Crippen MR) is 79.0 cm³/mol. The first-order chi connectivity index (χ1) is 9.19. The average molecular weight is 274 g/mol. The number of rotatable bonds is 2. The fraction of sp³-hybridized carbons (Fsp3) is 0.400. The third-order valence-electron chi connectivity index (χ3n) is 3.35. The van der Waals surface area contributed by atoms with Crippen LogP contribution < -0.4 is 10.5 Å². The largest absolute Gasteiger partial charge is 0.492 e. The minimum Gasteiger partial charge on any atom is -0.492 e. The Morgan fingerprint density at radius 2 is 2.21 bits per heavy atom. The van der Waals surface area contributed by atoms with Crippen LogP contribution in [0.2, 0.25) is 0 Å². The third kappa shape index (κ3) is 2.26. The van der Waals surface area contributed by atoms with Crippen molar-refractivity contribution in [1.29, 1.82) is 0 Å². The zero-order valence-corrected chi connectivity index (χ0v) is 12.1. The van der Waals surface area contributed by atoms with Crippen molar-refractivity contribution in [3.63, 3.8) is 0 Å². The molecule has 1 aliphatic heterocycles. The molecule has 2 heterocycles. The zero-order chi connectivity index (χ0) is 13.4. The molecule has 4 heteroatoms. The van der Waals surface area contributed by atoms with Crippen molar-refractivity contribution in [2.24, 2.45) is 5.73 Å². The summed E-state index contributed by atoms with van der Waals surface area (Å²) in [4.78, 5) is 6.11. The number of nitrogens with zero attached hydrogens (tertiary/aromatic N) is 1. The Kier molecular flexibility index (Phi) is 3.29. The summed E-state index contributed by atoms with van der Waals surface area (Å²) in [6.45, 7) is 5.60. The van der Waals surface area contributed by atoms with Gasteiger partial charge in [0.15, 0.2) is 0 Å². The number of benzene rings is 1. The first kappa shape index (κ1) is 12.6. The molecule has 0 atom stereocenters. The molecule has 100 valence electrons. The Bertz CT molecular complexity index is 619. The van der Waals surface area contributed by atoms with E-state index in [0.29, 0.717) is 6.54 Å². The van der Waals surface area contributed by atoms with Crippen LogP contribution in [0.1, 0.15) is 21.0 Å². The molecule has 0 radical (unpaired) electrons. The van der Waals surface area contributed by atoms with Gasteiger partial charge in [0.2, 0.25) is 0 Å². The Morgan fingerprint density at radius 1 is 1.37 bits per heavy atom. The van der Waals surface area contributed by atoms with Gasteiger partial charge in [-0.15, -0.1) is 11.3 Å². The molecule has 0 saturated carbocycles. The summed E-state index contributed by atoms with van der Waals surface area (Å²) in [7, 11) is 0. The van der Waals surface area contributed by atoms with Crippen LogP contribution in [0, 0.1) is 13.8 Å². The molecule has 3 rings (SSSR count). The van der Waals surface area contributed by atoms with E-state index in [0.717, 1.165) is 41.5 Å². The highest BCUT2D eigenvalue weighted by Crippen LogP contribution is 2.40. The second-order valence-corrected chi connectivity index (χ2v) is 6.14. The van der Waals surface area contributed by atoms with E-state index in [1.165, 1.54) is 16.0 Å². The molecular weight excluding hydrogens is 256 g/mol. The molecule has 0 bridgehead atoms. The van der Waals surface area contributed by atoms with Crippen LogP contribution in [0.4, 0.5) is 0 Å². The highest BCUT2D eigenvalue weighted by atomic mass is 32.1. The molecule has 2 aromatic rings. The van der Waals surface area contributed by atoms with Crippen molar-refractivity contribution in [2.75, 3.05) is 13.2 Å². The van der Waals surface area contributed by atoms with Gasteiger partial charge in [0.25, 0.3) is 0 Å². The molecular formula is C15H18N2OS. The number of aryl methyl sites for hydroxylation is 2. The lowest BCUT2D eigenvalue weighted by atomic mass is 10.0. The molecule has 1 aromatic carbocycles. The minimum atomic E-state index is 0.655. The fourth-order valence-corrected chi connectivity index (χ4v) is 3.66. The van der Waals surface area contributed by atoms with Gasteiger partial charge < -0.3 is 10.5 Å². The summed E-state index contributed by atoms with van der Waals surface area (Å²) >= 11 is 1.78. The number of nitrogens with two attached hydrogens (primary N) is 1. The normalized spacial score (nSPS) is 13.4. The number of hydrogen-bond donors (Lipinski definition) is 1. The van der Waals surface area contributed by atoms with E-state index in [9.17, 15) is 0 Å². The van der Waals surface area contributed by atoms with Gasteiger partial charge in [-0.05, 0) is 37.6 Å².